The van der Waals surface area contributed by atoms with E-state index in [0.717, 1.165) is 81.0 Å². The zero-order valence-electron chi connectivity index (χ0n) is 28.5. The van der Waals surface area contributed by atoms with Crippen LogP contribution in [0.4, 0.5) is 0 Å². The first kappa shape index (κ1) is 31.7. The summed E-state index contributed by atoms with van der Waals surface area (Å²) in [6, 6.07) is 12.8. The average Bonchev–Trinajstić information content (AvgIpc) is 3.78. The summed E-state index contributed by atoms with van der Waals surface area (Å²) in [4.78, 5) is 35.6. The van der Waals surface area contributed by atoms with E-state index in [-0.39, 0.29) is 18.4 Å². The zero-order chi connectivity index (χ0) is 32.7. The molecule has 1 saturated carbocycles. The Morgan fingerprint density at radius 3 is 2.47 bits per heavy atom. The third-order valence-electron chi connectivity index (χ3n) is 10.8. The number of fused-ring (bicyclic) bond motifs is 2. The maximum absolute atomic E-state index is 13.7. The minimum absolute atomic E-state index is 0.0636. The number of likely N-dealkylation sites (tertiary alicyclic amines) is 2. The van der Waals surface area contributed by atoms with Crippen LogP contribution in [0, 0.1) is 11.8 Å². The number of ether oxygens (including phenoxy) is 2. The number of nitrogens with zero attached hydrogens (tertiary/aromatic N) is 5. The summed E-state index contributed by atoms with van der Waals surface area (Å²) in [7, 11) is 3.73. The van der Waals surface area contributed by atoms with Crippen LogP contribution in [0.1, 0.15) is 80.6 Å². The molecular formula is C38H49N5O4. The number of carbonyl (C=O) groups is 2. The highest BCUT2D eigenvalue weighted by atomic mass is 16.5. The molecule has 0 N–H and O–H groups in total. The average molecular weight is 640 g/mol. The van der Waals surface area contributed by atoms with Crippen molar-refractivity contribution in [2.45, 2.75) is 71.3 Å². The Labute approximate surface area is 277 Å². The number of imidazole rings is 1. The van der Waals surface area contributed by atoms with E-state index in [1.807, 2.05) is 28.9 Å². The van der Waals surface area contributed by atoms with E-state index in [1.165, 1.54) is 35.7 Å². The highest BCUT2D eigenvalue weighted by molar-refractivity contribution is 6.00. The summed E-state index contributed by atoms with van der Waals surface area (Å²) >= 11 is 0. The van der Waals surface area contributed by atoms with E-state index in [9.17, 15) is 9.59 Å². The number of benzene rings is 2. The first-order valence-electron chi connectivity index (χ1n) is 17.7. The van der Waals surface area contributed by atoms with Gasteiger partial charge in [0.2, 0.25) is 5.91 Å². The SMILES string of the molecule is CCOCC(=O)N1CCC(c2cccc3cc(-c4nc5cc(C(=O)N6CCC[C@@H](CC)C6)cc(OC)c5n4C)n(CC4CC4)c23)CC1. The van der Waals surface area contributed by atoms with Gasteiger partial charge in [0.1, 0.15) is 17.9 Å². The van der Waals surface area contributed by atoms with Gasteiger partial charge in [-0.2, -0.15) is 0 Å². The number of hydrogen-bond donors (Lipinski definition) is 0. The van der Waals surface area contributed by atoms with Gasteiger partial charge in [-0.05, 0) is 87.0 Å². The summed E-state index contributed by atoms with van der Waals surface area (Å²) in [5.41, 5.74) is 6.07. The lowest BCUT2D eigenvalue weighted by molar-refractivity contribution is -0.137. The highest BCUT2D eigenvalue weighted by Crippen LogP contribution is 2.41. The fraction of sp³-hybridized carbons (Fsp3) is 0.553. The van der Waals surface area contributed by atoms with Crippen LogP contribution in [0.5, 0.6) is 5.75 Å². The minimum atomic E-state index is 0.0636. The molecule has 2 amide bonds. The quantitative estimate of drug-likeness (QED) is 0.195. The summed E-state index contributed by atoms with van der Waals surface area (Å²) in [5.74, 6) is 3.32. The molecule has 4 aromatic rings. The van der Waals surface area contributed by atoms with Crippen molar-refractivity contribution in [1.82, 2.24) is 23.9 Å². The molecule has 3 fully saturated rings. The summed E-state index contributed by atoms with van der Waals surface area (Å²) in [6.07, 6.45) is 7.72. The second kappa shape index (κ2) is 13.3. The minimum Gasteiger partial charge on any atom is -0.494 e. The Kier molecular flexibility index (Phi) is 9.01. The molecule has 2 aromatic carbocycles. The third-order valence-corrected chi connectivity index (χ3v) is 10.8. The molecular weight excluding hydrogens is 590 g/mol. The summed E-state index contributed by atoms with van der Waals surface area (Å²) in [6.45, 7) is 8.94. The Hall–Kier alpha value is -3.85. The molecule has 0 bridgehead atoms. The van der Waals surface area contributed by atoms with E-state index in [0.29, 0.717) is 35.7 Å². The highest BCUT2D eigenvalue weighted by Gasteiger charge is 2.31. The van der Waals surface area contributed by atoms with Crippen LogP contribution in [0.2, 0.25) is 0 Å². The van der Waals surface area contributed by atoms with Crippen molar-refractivity contribution < 1.29 is 19.1 Å². The second-order valence-corrected chi connectivity index (χ2v) is 13.9. The normalized spacial score (nSPS) is 19.2. The molecule has 4 heterocycles. The smallest absolute Gasteiger partial charge is 0.254 e. The fourth-order valence-electron chi connectivity index (χ4n) is 7.92. The van der Waals surface area contributed by atoms with Crippen LogP contribution in [-0.2, 0) is 23.1 Å². The lowest BCUT2D eigenvalue weighted by atomic mass is 9.88. The zero-order valence-corrected chi connectivity index (χ0v) is 28.5. The van der Waals surface area contributed by atoms with Gasteiger partial charge in [0.25, 0.3) is 5.91 Å². The first-order valence-corrected chi connectivity index (χ1v) is 17.7. The van der Waals surface area contributed by atoms with Gasteiger partial charge in [-0.3, -0.25) is 9.59 Å². The number of carbonyl (C=O) groups excluding carboxylic acids is 2. The summed E-state index contributed by atoms with van der Waals surface area (Å²) in [5, 5.41) is 1.22. The van der Waals surface area contributed by atoms with Crippen molar-refractivity contribution in [2.75, 3.05) is 46.5 Å². The summed E-state index contributed by atoms with van der Waals surface area (Å²) < 4.78 is 15.9. The molecule has 1 atom stereocenters. The standard InChI is InChI=1S/C38H49N5O4/c1-5-25-9-8-16-42(22-25)38(45)29-19-31-36(33(21-29)46-4)40(3)37(39-31)32-20-28-10-7-11-30(35(28)43(32)23-26-12-13-26)27-14-17-41(18-15-27)34(44)24-47-6-2/h7,10-11,19-21,25-27H,5-6,8-9,12-18,22-24H2,1-4H3/t25-/m1/s1. The van der Waals surface area contributed by atoms with Crippen LogP contribution in [0.15, 0.2) is 36.4 Å². The van der Waals surface area contributed by atoms with Gasteiger partial charge in [-0.15, -0.1) is 0 Å². The van der Waals surface area contributed by atoms with Gasteiger partial charge in [0, 0.05) is 57.3 Å². The predicted octanol–water partition coefficient (Wildman–Crippen LogP) is 6.62. The van der Waals surface area contributed by atoms with Crippen LogP contribution in [0.25, 0.3) is 33.5 Å². The number of piperidine rings is 2. The molecule has 7 rings (SSSR count). The van der Waals surface area contributed by atoms with Gasteiger partial charge in [-0.1, -0.05) is 31.5 Å². The number of amides is 2. The number of rotatable bonds is 10. The Morgan fingerprint density at radius 2 is 1.74 bits per heavy atom. The number of methoxy groups -OCH3 is 1. The molecule has 2 saturated heterocycles. The largest absolute Gasteiger partial charge is 0.494 e. The van der Waals surface area contributed by atoms with Crippen LogP contribution >= 0.6 is 0 Å². The van der Waals surface area contributed by atoms with Gasteiger partial charge < -0.3 is 28.4 Å². The van der Waals surface area contributed by atoms with Gasteiger partial charge in [0.05, 0.1) is 23.8 Å². The van der Waals surface area contributed by atoms with E-state index < -0.39 is 0 Å². The Bertz CT molecular complexity index is 1780. The van der Waals surface area contributed by atoms with Crippen molar-refractivity contribution in [1.29, 1.82) is 0 Å². The molecule has 0 spiro atoms. The molecule has 9 nitrogen and oxygen atoms in total. The number of aromatic nitrogens is 3. The second-order valence-electron chi connectivity index (χ2n) is 13.9. The van der Waals surface area contributed by atoms with E-state index in [2.05, 4.69) is 47.4 Å². The van der Waals surface area contributed by atoms with E-state index >= 15 is 0 Å². The first-order chi connectivity index (χ1) is 22.9. The van der Waals surface area contributed by atoms with Crippen molar-refractivity contribution in [3.05, 3.63) is 47.5 Å². The van der Waals surface area contributed by atoms with E-state index in [4.69, 9.17) is 14.5 Å². The van der Waals surface area contributed by atoms with E-state index in [1.54, 1.807) is 7.11 Å². The van der Waals surface area contributed by atoms with Crippen LogP contribution < -0.4 is 4.74 Å². The molecule has 0 radical (unpaired) electrons. The molecule has 2 aromatic heterocycles. The lowest BCUT2D eigenvalue weighted by Gasteiger charge is -2.32. The van der Waals surface area contributed by atoms with Crippen LogP contribution in [-0.4, -0.2) is 82.2 Å². The van der Waals surface area contributed by atoms with Gasteiger partial charge in [0.15, 0.2) is 5.82 Å². The lowest BCUT2D eigenvalue weighted by Crippen LogP contribution is -2.40. The molecule has 9 heteroatoms. The monoisotopic (exact) mass is 639 g/mol. The molecule has 0 unspecified atom stereocenters. The van der Waals surface area contributed by atoms with Crippen molar-refractivity contribution in [3.63, 3.8) is 0 Å². The van der Waals surface area contributed by atoms with Gasteiger partial charge in [-0.25, -0.2) is 4.98 Å². The van der Waals surface area contributed by atoms with Crippen molar-refractivity contribution in [3.8, 4) is 17.3 Å². The van der Waals surface area contributed by atoms with Gasteiger partial charge >= 0.3 is 0 Å². The predicted molar refractivity (Wildman–Crippen MR) is 185 cm³/mol. The molecule has 3 aliphatic rings. The maximum atomic E-state index is 13.7. The Morgan fingerprint density at radius 1 is 0.936 bits per heavy atom. The molecule has 47 heavy (non-hydrogen) atoms. The van der Waals surface area contributed by atoms with Crippen molar-refractivity contribution >= 4 is 33.8 Å². The van der Waals surface area contributed by atoms with Crippen LogP contribution in [0.3, 0.4) is 0 Å². The van der Waals surface area contributed by atoms with Crippen molar-refractivity contribution in [2.24, 2.45) is 18.9 Å². The Balaban J connectivity index is 1.25. The maximum Gasteiger partial charge on any atom is 0.254 e. The molecule has 2 aliphatic heterocycles. The topological polar surface area (TPSA) is 81.8 Å². The number of hydrogen-bond acceptors (Lipinski definition) is 5. The molecule has 1 aliphatic carbocycles. The molecule has 250 valence electrons. The third kappa shape index (κ3) is 6.15. The number of para-hydroxylation sites is 1. The fourth-order valence-corrected chi connectivity index (χ4v) is 7.92. The number of aryl methyl sites for hydroxylation is 1.